The van der Waals surface area contributed by atoms with E-state index in [1.54, 1.807) is 37.7 Å². The Morgan fingerprint density at radius 2 is 2.26 bits per heavy atom. The first kappa shape index (κ1) is 13.2. The summed E-state index contributed by atoms with van der Waals surface area (Å²) in [6.45, 7) is 3.70. The third-order valence-corrected chi connectivity index (χ3v) is 2.75. The molecule has 19 heavy (non-hydrogen) atoms. The van der Waals surface area contributed by atoms with Crippen LogP contribution in [0.2, 0.25) is 0 Å². The van der Waals surface area contributed by atoms with Crippen LogP contribution in [0.1, 0.15) is 13.8 Å². The molecule has 0 saturated carbocycles. The van der Waals surface area contributed by atoms with Gasteiger partial charge >= 0.3 is 5.97 Å². The number of nitrogens with zero attached hydrogens (tertiary/aromatic N) is 2. The SMILES string of the molecule is CCOC(=O)[C@@H](C)Oc1nn(C)c2ccc(N)cc12. The molecule has 1 aromatic carbocycles. The molecular weight excluding hydrogens is 246 g/mol. The van der Waals surface area contributed by atoms with Gasteiger partial charge in [-0.3, -0.25) is 4.68 Å². The highest BCUT2D eigenvalue weighted by Gasteiger charge is 2.19. The maximum absolute atomic E-state index is 11.6. The predicted molar refractivity (Wildman–Crippen MR) is 71.8 cm³/mol. The van der Waals surface area contributed by atoms with Crippen molar-refractivity contribution in [1.82, 2.24) is 9.78 Å². The van der Waals surface area contributed by atoms with Crippen LogP contribution in [-0.2, 0) is 16.6 Å². The van der Waals surface area contributed by atoms with Gasteiger partial charge in [-0.2, -0.15) is 0 Å². The normalized spacial score (nSPS) is 12.4. The molecule has 0 spiro atoms. The molecule has 1 atom stereocenters. The van der Waals surface area contributed by atoms with E-state index in [0.717, 1.165) is 10.9 Å². The largest absolute Gasteiger partial charge is 0.463 e. The summed E-state index contributed by atoms with van der Waals surface area (Å²) in [7, 11) is 1.81. The van der Waals surface area contributed by atoms with Crippen LogP contribution in [0.4, 0.5) is 5.69 Å². The van der Waals surface area contributed by atoms with Gasteiger partial charge in [0.1, 0.15) is 0 Å². The van der Waals surface area contributed by atoms with Crippen molar-refractivity contribution in [2.45, 2.75) is 20.0 Å². The van der Waals surface area contributed by atoms with Gasteiger partial charge in [-0.05, 0) is 32.0 Å². The fourth-order valence-corrected chi connectivity index (χ4v) is 1.81. The molecule has 0 fully saturated rings. The van der Waals surface area contributed by atoms with Gasteiger partial charge in [0.2, 0.25) is 5.88 Å². The number of nitrogen functional groups attached to an aromatic ring is 1. The molecule has 6 nitrogen and oxygen atoms in total. The average Bonchev–Trinajstić information content (AvgIpc) is 2.66. The van der Waals surface area contributed by atoms with Gasteiger partial charge in [0.15, 0.2) is 6.10 Å². The number of hydrogen-bond donors (Lipinski definition) is 1. The first-order chi connectivity index (χ1) is 9.02. The lowest BCUT2D eigenvalue weighted by atomic mass is 10.2. The number of fused-ring (bicyclic) bond motifs is 1. The molecule has 0 unspecified atom stereocenters. The molecule has 2 aromatic rings. The van der Waals surface area contributed by atoms with Gasteiger partial charge in [0.05, 0.1) is 17.5 Å². The lowest BCUT2D eigenvalue weighted by Gasteiger charge is -2.11. The predicted octanol–water partition coefficient (Wildman–Crippen LogP) is 1.49. The van der Waals surface area contributed by atoms with Crippen LogP contribution >= 0.6 is 0 Å². The molecule has 0 amide bonds. The third-order valence-electron chi connectivity index (χ3n) is 2.75. The van der Waals surface area contributed by atoms with Crippen molar-refractivity contribution in [2.75, 3.05) is 12.3 Å². The van der Waals surface area contributed by atoms with Crippen molar-refractivity contribution in [2.24, 2.45) is 7.05 Å². The summed E-state index contributed by atoms with van der Waals surface area (Å²) in [4.78, 5) is 11.6. The number of esters is 1. The first-order valence-corrected chi connectivity index (χ1v) is 6.08. The van der Waals surface area contributed by atoms with E-state index in [9.17, 15) is 4.79 Å². The Kier molecular flexibility index (Phi) is 3.59. The van der Waals surface area contributed by atoms with E-state index in [0.29, 0.717) is 18.2 Å². The summed E-state index contributed by atoms with van der Waals surface area (Å²) in [5, 5.41) is 5.02. The lowest BCUT2D eigenvalue weighted by molar-refractivity contribution is -0.150. The molecule has 0 radical (unpaired) electrons. The number of ether oxygens (including phenoxy) is 2. The van der Waals surface area contributed by atoms with Crippen LogP contribution in [-0.4, -0.2) is 28.5 Å². The van der Waals surface area contributed by atoms with E-state index >= 15 is 0 Å². The van der Waals surface area contributed by atoms with Crippen molar-refractivity contribution in [1.29, 1.82) is 0 Å². The van der Waals surface area contributed by atoms with Crippen LogP contribution in [0.15, 0.2) is 18.2 Å². The maximum atomic E-state index is 11.6. The van der Waals surface area contributed by atoms with Crippen LogP contribution in [0, 0.1) is 0 Å². The zero-order chi connectivity index (χ0) is 14.0. The number of carbonyl (C=O) groups is 1. The second kappa shape index (κ2) is 5.17. The molecule has 0 aliphatic carbocycles. The van der Waals surface area contributed by atoms with Crippen molar-refractivity contribution >= 4 is 22.6 Å². The lowest BCUT2D eigenvalue weighted by Crippen LogP contribution is -2.26. The Hall–Kier alpha value is -2.24. The van der Waals surface area contributed by atoms with E-state index < -0.39 is 12.1 Å². The van der Waals surface area contributed by atoms with Crippen LogP contribution < -0.4 is 10.5 Å². The number of aromatic nitrogens is 2. The van der Waals surface area contributed by atoms with E-state index in [2.05, 4.69) is 5.10 Å². The highest BCUT2D eigenvalue weighted by atomic mass is 16.6. The summed E-state index contributed by atoms with van der Waals surface area (Å²) < 4.78 is 12.1. The zero-order valence-corrected chi connectivity index (χ0v) is 11.2. The van der Waals surface area contributed by atoms with Gasteiger partial charge in [0, 0.05) is 12.7 Å². The smallest absolute Gasteiger partial charge is 0.347 e. The second-order valence-electron chi connectivity index (χ2n) is 4.22. The summed E-state index contributed by atoms with van der Waals surface area (Å²) in [6, 6.07) is 5.43. The first-order valence-electron chi connectivity index (χ1n) is 6.08. The Labute approximate surface area is 111 Å². The molecule has 102 valence electrons. The third kappa shape index (κ3) is 2.62. The Morgan fingerprint density at radius 1 is 1.53 bits per heavy atom. The molecule has 1 heterocycles. The van der Waals surface area contributed by atoms with Gasteiger partial charge in [-0.15, -0.1) is 5.10 Å². The van der Waals surface area contributed by atoms with Crippen LogP contribution in [0.25, 0.3) is 10.9 Å². The van der Waals surface area contributed by atoms with E-state index in [4.69, 9.17) is 15.2 Å². The summed E-state index contributed by atoms with van der Waals surface area (Å²) in [6.07, 6.45) is -0.709. The van der Waals surface area contributed by atoms with Crippen LogP contribution in [0.5, 0.6) is 5.88 Å². The molecular formula is C13H17N3O3. The van der Waals surface area contributed by atoms with Crippen molar-refractivity contribution in [3.05, 3.63) is 18.2 Å². The molecule has 2 rings (SSSR count). The average molecular weight is 263 g/mol. The molecule has 0 aliphatic rings. The number of rotatable bonds is 4. The van der Waals surface area contributed by atoms with Gasteiger partial charge in [-0.1, -0.05) is 0 Å². The number of aryl methyl sites for hydroxylation is 1. The van der Waals surface area contributed by atoms with Gasteiger partial charge in [-0.25, -0.2) is 4.79 Å². The molecule has 2 N–H and O–H groups in total. The Morgan fingerprint density at radius 3 is 2.95 bits per heavy atom. The fourth-order valence-electron chi connectivity index (χ4n) is 1.81. The number of hydrogen-bond acceptors (Lipinski definition) is 5. The summed E-state index contributed by atoms with van der Waals surface area (Å²) >= 11 is 0. The summed E-state index contributed by atoms with van der Waals surface area (Å²) in [5.74, 6) is -0.0319. The monoisotopic (exact) mass is 263 g/mol. The molecule has 6 heteroatoms. The Bertz CT molecular complexity index is 606. The quantitative estimate of drug-likeness (QED) is 0.667. The molecule has 0 aliphatic heterocycles. The number of carbonyl (C=O) groups excluding carboxylic acids is 1. The van der Waals surface area contributed by atoms with Crippen molar-refractivity contribution in [3.63, 3.8) is 0 Å². The van der Waals surface area contributed by atoms with E-state index in [1.807, 2.05) is 6.07 Å². The topological polar surface area (TPSA) is 79.4 Å². The van der Waals surface area contributed by atoms with Crippen molar-refractivity contribution in [3.8, 4) is 5.88 Å². The minimum Gasteiger partial charge on any atom is -0.463 e. The maximum Gasteiger partial charge on any atom is 0.347 e. The highest BCUT2D eigenvalue weighted by molar-refractivity contribution is 5.87. The fraction of sp³-hybridized carbons (Fsp3) is 0.385. The standard InChI is InChI=1S/C13H17N3O3/c1-4-18-13(17)8(2)19-12-10-7-9(14)5-6-11(10)16(3)15-12/h5-8H,4,14H2,1-3H3/t8-/m1/s1. The number of nitrogens with two attached hydrogens (primary N) is 1. The second-order valence-corrected chi connectivity index (χ2v) is 4.22. The zero-order valence-electron chi connectivity index (χ0n) is 11.2. The van der Waals surface area contributed by atoms with Crippen molar-refractivity contribution < 1.29 is 14.3 Å². The summed E-state index contributed by atoms with van der Waals surface area (Å²) in [5.41, 5.74) is 7.26. The van der Waals surface area contributed by atoms with E-state index in [-0.39, 0.29) is 0 Å². The Balaban J connectivity index is 2.30. The highest BCUT2D eigenvalue weighted by Crippen LogP contribution is 2.27. The van der Waals surface area contributed by atoms with Gasteiger partial charge < -0.3 is 15.2 Å². The minimum atomic E-state index is -0.709. The molecule has 0 bridgehead atoms. The molecule has 0 saturated heterocycles. The number of benzene rings is 1. The van der Waals surface area contributed by atoms with E-state index in [1.165, 1.54) is 0 Å². The minimum absolute atomic E-state index is 0.322. The van der Waals surface area contributed by atoms with Crippen LogP contribution in [0.3, 0.4) is 0 Å². The molecule has 1 aromatic heterocycles. The number of anilines is 1. The van der Waals surface area contributed by atoms with Gasteiger partial charge in [0.25, 0.3) is 0 Å².